The van der Waals surface area contributed by atoms with Gasteiger partial charge in [0.05, 0.1) is 22.2 Å². The summed E-state index contributed by atoms with van der Waals surface area (Å²) in [6.45, 7) is 4.14. The van der Waals surface area contributed by atoms with Gasteiger partial charge in [-0.15, -0.1) is 0 Å². The fraction of sp³-hybridized carbons (Fsp3) is 0.391. The lowest BCUT2D eigenvalue weighted by molar-refractivity contribution is -0.142. The number of aromatic nitrogens is 1. The van der Waals surface area contributed by atoms with Crippen LogP contribution >= 0.6 is 11.3 Å². The van der Waals surface area contributed by atoms with E-state index >= 15 is 0 Å². The van der Waals surface area contributed by atoms with E-state index in [-0.39, 0.29) is 0 Å². The normalized spacial score (nSPS) is 15.1. The zero-order valence-corrected chi connectivity index (χ0v) is 17.6. The van der Waals surface area contributed by atoms with Crippen molar-refractivity contribution in [2.24, 2.45) is 5.92 Å². The molecule has 1 heterocycles. The number of benzene rings is 2. The van der Waals surface area contributed by atoms with Gasteiger partial charge in [0.1, 0.15) is 5.75 Å². The number of anilines is 1. The topological polar surface area (TPSA) is 85.4 Å². The summed E-state index contributed by atoms with van der Waals surface area (Å²) < 4.78 is 7.26. The minimum Gasteiger partial charge on any atom is -0.493 e. The third-order valence-electron chi connectivity index (χ3n) is 5.90. The first-order chi connectivity index (χ1) is 13.8. The van der Waals surface area contributed by atoms with Gasteiger partial charge < -0.3 is 15.6 Å². The van der Waals surface area contributed by atoms with Crippen molar-refractivity contribution in [2.45, 2.75) is 44.9 Å². The van der Waals surface area contributed by atoms with Crippen molar-refractivity contribution >= 4 is 32.7 Å². The highest BCUT2D eigenvalue weighted by Crippen LogP contribution is 2.38. The van der Waals surface area contributed by atoms with Crippen LogP contribution in [0.5, 0.6) is 5.75 Å². The molecular formula is C23H26N2O3S. The summed E-state index contributed by atoms with van der Waals surface area (Å²) in [7, 11) is 0. The lowest BCUT2D eigenvalue weighted by Crippen LogP contribution is -2.28. The van der Waals surface area contributed by atoms with E-state index < -0.39 is 11.4 Å². The maximum absolute atomic E-state index is 11.8. The highest BCUT2D eigenvalue weighted by atomic mass is 32.1. The monoisotopic (exact) mass is 410 g/mol. The molecule has 1 aliphatic rings. The number of aliphatic carboxylic acids is 1. The van der Waals surface area contributed by atoms with Crippen molar-refractivity contribution in [3.63, 3.8) is 0 Å². The molecule has 0 radical (unpaired) electrons. The van der Waals surface area contributed by atoms with E-state index in [1.807, 2.05) is 36.4 Å². The van der Waals surface area contributed by atoms with Gasteiger partial charge in [0.25, 0.3) is 0 Å². The van der Waals surface area contributed by atoms with Gasteiger partial charge in [-0.1, -0.05) is 36.3 Å². The molecule has 0 aliphatic heterocycles. The van der Waals surface area contributed by atoms with E-state index in [0.717, 1.165) is 32.7 Å². The molecule has 0 atom stereocenters. The number of thiazole rings is 1. The summed E-state index contributed by atoms with van der Waals surface area (Å²) in [5.41, 5.74) is 8.29. The summed E-state index contributed by atoms with van der Waals surface area (Å²) in [4.78, 5) is 16.2. The number of fused-ring (bicyclic) bond motifs is 1. The second-order valence-corrected chi connectivity index (χ2v) is 9.40. The number of ether oxygens (including phenoxy) is 1. The molecule has 152 valence electrons. The highest BCUT2D eigenvalue weighted by Gasteiger charge is 2.30. The van der Waals surface area contributed by atoms with E-state index in [1.54, 1.807) is 13.8 Å². The molecule has 2 aromatic carbocycles. The number of hydrogen-bond acceptors (Lipinski definition) is 5. The van der Waals surface area contributed by atoms with E-state index in [0.29, 0.717) is 17.7 Å². The van der Waals surface area contributed by atoms with Gasteiger partial charge in [-0.2, -0.15) is 0 Å². The van der Waals surface area contributed by atoms with E-state index in [9.17, 15) is 9.90 Å². The molecule has 1 aliphatic carbocycles. The fourth-order valence-electron chi connectivity index (χ4n) is 3.89. The Kier molecular flexibility index (Phi) is 5.21. The highest BCUT2D eigenvalue weighted by molar-refractivity contribution is 7.22. The molecule has 0 bridgehead atoms. The second-order valence-electron chi connectivity index (χ2n) is 8.34. The first kappa shape index (κ1) is 19.7. The number of nitrogen functional groups attached to an aromatic ring is 1. The lowest BCUT2D eigenvalue weighted by atomic mass is 9.83. The van der Waals surface area contributed by atoms with Crippen LogP contribution in [0.15, 0.2) is 36.4 Å². The maximum Gasteiger partial charge on any atom is 0.313 e. The molecular weight excluding hydrogens is 384 g/mol. The Labute approximate surface area is 174 Å². The molecule has 0 amide bonds. The zero-order chi connectivity index (χ0) is 20.6. The summed E-state index contributed by atoms with van der Waals surface area (Å²) in [6.07, 6.45) is 4.97. The Morgan fingerprint density at radius 3 is 2.72 bits per heavy atom. The third-order valence-corrected chi connectivity index (χ3v) is 6.77. The first-order valence-electron chi connectivity index (χ1n) is 10.0. The molecule has 29 heavy (non-hydrogen) atoms. The van der Waals surface area contributed by atoms with Gasteiger partial charge in [0, 0.05) is 5.56 Å². The Balaban J connectivity index is 1.76. The molecule has 1 saturated carbocycles. The number of carboxylic acids is 1. The molecule has 3 N–H and O–H groups in total. The van der Waals surface area contributed by atoms with Gasteiger partial charge in [-0.25, -0.2) is 4.98 Å². The van der Waals surface area contributed by atoms with Gasteiger partial charge in [-0.3, -0.25) is 4.79 Å². The third kappa shape index (κ3) is 3.94. The van der Waals surface area contributed by atoms with E-state index in [4.69, 9.17) is 10.5 Å². The zero-order valence-electron chi connectivity index (χ0n) is 16.8. The van der Waals surface area contributed by atoms with Gasteiger partial charge in [0.2, 0.25) is 0 Å². The first-order valence-corrected chi connectivity index (χ1v) is 10.8. The SMILES string of the molecule is CC(C)(C(=O)O)c1ccc(OCC2CCCC2)c(-c2ccc3sc(N)nc3c2)c1. The fourth-order valence-corrected chi connectivity index (χ4v) is 4.61. The largest absolute Gasteiger partial charge is 0.493 e. The molecule has 4 rings (SSSR count). The van der Waals surface area contributed by atoms with Crippen LogP contribution in [0.2, 0.25) is 0 Å². The smallest absolute Gasteiger partial charge is 0.313 e. The Morgan fingerprint density at radius 1 is 1.24 bits per heavy atom. The number of rotatable bonds is 6. The molecule has 0 unspecified atom stereocenters. The van der Waals surface area contributed by atoms with Crippen molar-refractivity contribution in [1.29, 1.82) is 0 Å². The van der Waals surface area contributed by atoms with Crippen molar-refractivity contribution in [1.82, 2.24) is 4.98 Å². The van der Waals surface area contributed by atoms with Gasteiger partial charge in [-0.05, 0) is 68.0 Å². The standard InChI is InChI=1S/C23H26N2O3S/c1-23(2,21(26)27)16-8-9-19(28-13-14-5-3-4-6-14)17(12-16)15-7-10-20-18(11-15)25-22(24)29-20/h7-12,14H,3-6,13H2,1-2H3,(H2,24,25)(H,26,27). The second kappa shape index (κ2) is 7.67. The van der Waals surface area contributed by atoms with Gasteiger partial charge >= 0.3 is 5.97 Å². The van der Waals surface area contributed by atoms with Gasteiger partial charge in [0.15, 0.2) is 5.13 Å². The van der Waals surface area contributed by atoms with Crippen LogP contribution in [0.25, 0.3) is 21.3 Å². The van der Waals surface area contributed by atoms with Crippen molar-refractivity contribution in [3.8, 4) is 16.9 Å². The summed E-state index contributed by atoms with van der Waals surface area (Å²) in [6, 6.07) is 11.7. The number of nitrogens with zero attached hydrogens (tertiary/aromatic N) is 1. The lowest BCUT2D eigenvalue weighted by Gasteiger charge is -2.22. The van der Waals surface area contributed by atoms with Crippen LogP contribution < -0.4 is 10.5 Å². The van der Waals surface area contributed by atoms with Crippen LogP contribution in [0, 0.1) is 5.92 Å². The number of hydrogen-bond donors (Lipinski definition) is 2. The van der Waals surface area contributed by atoms with Crippen LogP contribution in [0.1, 0.15) is 45.1 Å². The maximum atomic E-state index is 11.8. The molecule has 0 spiro atoms. The quantitative estimate of drug-likeness (QED) is 0.562. The van der Waals surface area contributed by atoms with Crippen molar-refractivity contribution < 1.29 is 14.6 Å². The predicted molar refractivity (Wildman–Crippen MR) is 118 cm³/mol. The van der Waals surface area contributed by atoms with E-state index in [1.165, 1.54) is 37.0 Å². The average molecular weight is 411 g/mol. The predicted octanol–water partition coefficient (Wildman–Crippen LogP) is 5.48. The van der Waals surface area contributed by atoms with Crippen LogP contribution in [0.3, 0.4) is 0 Å². The Hall–Kier alpha value is -2.60. The van der Waals surface area contributed by atoms with Crippen LogP contribution in [0.4, 0.5) is 5.13 Å². The number of carboxylic acid groups (broad SMARTS) is 1. The number of carbonyl (C=O) groups is 1. The molecule has 3 aromatic rings. The summed E-state index contributed by atoms with van der Waals surface area (Å²) in [5.74, 6) is 0.522. The van der Waals surface area contributed by atoms with Crippen LogP contribution in [-0.2, 0) is 10.2 Å². The summed E-state index contributed by atoms with van der Waals surface area (Å²) >= 11 is 1.46. The number of nitrogens with two attached hydrogens (primary N) is 1. The molecule has 1 fully saturated rings. The van der Waals surface area contributed by atoms with E-state index in [2.05, 4.69) is 4.98 Å². The Morgan fingerprint density at radius 2 is 2.00 bits per heavy atom. The van der Waals surface area contributed by atoms with Crippen LogP contribution in [-0.4, -0.2) is 22.7 Å². The minimum absolute atomic E-state index is 0.538. The minimum atomic E-state index is -0.992. The summed E-state index contributed by atoms with van der Waals surface area (Å²) in [5, 5.41) is 10.2. The van der Waals surface area contributed by atoms with Crippen molar-refractivity contribution in [3.05, 3.63) is 42.0 Å². The average Bonchev–Trinajstić information content (AvgIpc) is 3.33. The molecule has 0 saturated heterocycles. The molecule has 6 heteroatoms. The Bertz CT molecular complexity index is 1050. The van der Waals surface area contributed by atoms with Crippen molar-refractivity contribution in [2.75, 3.05) is 12.3 Å². The molecule has 1 aromatic heterocycles. The molecule has 5 nitrogen and oxygen atoms in total.